The van der Waals surface area contributed by atoms with Gasteiger partial charge in [-0.25, -0.2) is 20.0 Å². The summed E-state index contributed by atoms with van der Waals surface area (Å²) in [5.74, 6) is -1.17. The average Bonchev–Trinajstić information content (AvgIpc) is 3.09. The van der Waals surface area contributed by atoms with Crippen LogP contribution in [0.1, 0.15) is 34.8 Å². The zero-order valence-electron chi connectivity index (χ0n) is 13.1. The second kappa shape index (κ2) is 7.97. The van der Waals surface area contributed by atoms with Gasteiger partial charge in [-0.1, -0.05) is 24.4 Å². The Morgan fingerprint density at radius 2 is 1.29 bits per heavy atom. The lowest BCUT2D eigenvalue weighted by Crippen LogP contribution is -2.11. The van der Waals surface area contributed by atoms with Crippen LogP contribution in [0.15, 0.2) is 0 Å². The highest BCUT2D eigenvalue weighted by Crippen LogP contribution is 2.04. The first kappa shape index (κ1) is 18.0. The first-order chi connectivity index (χ1) is 11.5. The van der Waals surface area contributed by atoms with Gasteiger partial charge in [0.15, 0.2) is 9.28 Å². The summed E-state index contributed by atoms with van der Waals surface area (Å²) in [4.78, 5) is 23.3. The number of H-pyrrole nitrogens is 2. The minimum absolute atomic E-state index is 0.0484. The first-order valence-corrected chi connectivity index (χ1v) is 7.95. The van der Waals surface area contributed by atoms with Crippen molar-refractivity contribution in [1.29, 1.82) is 0 Å². The van der Waals surface area contributed by atoms with Gasteiger partial charge in [0.05, 0.1) is 26.3 Å². The molecule has 2 aromatic rings. The number of nitrogens with one attached hydrogen (secondary N) is 2. The van der Waals surface area contributed by atoms with E-state index in [1.807, 2.05) is 0 Å². The van der Waals surface area contributed by atoms with Crippen LogP contribution in [0.5, 0.6) is 0 Å². The Labute approximate surface area is 146 Å². The molecule has 0 aliphatic carbocycles. The number of rotatable bonds is 7. The Balaban J connectivity index is 2.10. The number of aromatic amines is 2. The summed E-state index contributed by atoms with van der Waals surface area (Å²) < 4.78 is 13.2. The predicted molar refractivity (Wildman–Crippen MR) is 86.7 cm³/mol. The summed E-state index contributed by atoms with van der Waals surface area (Å²) in [6.45, 7) is 4.54. The third kappa shape index (κ3) is 3.76. The SMILES string of the molecule is CCOC(=O)c1n[nH]n(CCn2[nH]nc(C(=O)OCC)c2=S)c1=S. The largest absolute Gasteiger partial charge is 0.461 e. The van der Waals surface area contributed by atoms with Crippen LogP contribution in [0.25, 0.3) is 0 Å². The zero-order chi connectivity index (χ0) is 17.7. The van der Waals surface area contributed by atoms with Gasteiger partial charge in [0, 0.05) is 0 Å². The quantitative estimate of drug-likeness (QED) is 0.550. The molecule has 2 rings (SSSR count). The highest BCUT2D eigenvalue weighted by molar-refractivity contribution is 7.71. The molecule has 0 fully saturated rings. The van der Waals surface area contributed by atoms with E-state index in [1.165, 1.54) is 9.36 Å². The molecule has 0 aromatic carbocycles. The maximum Gasteiger partial charge on any atom is 0.362 e. The minimum atomic E-state index is -0.583. The van der Waals surface area contributed by atoms with Crippen molar-refractivity contribution in [3.8, 4) is 0 Å². The van der Waals surface area contributed by atoms with Crippen LogP contribution < -0.4 is 0 Å². The van der Waals surface area contributed by atoms with Gasteiger partial charge in [-0.15, -0.1) is 10.2 Å². The molecule has 2 aromatic heterocycles. The van der Waals surface area contributed by atoms with Gasteiger partial charge < -0.3 is 9.47 Å². The molecule has 0 spiro atoms. The van der Waals surface area contributed by atoms with Crippen LogP contribution in [-0.4, -0.2) is 55.1 Å². The lowest BCUT2D eigenvalue weighted by molar-refractivity contribution is 0.0509. The zero-order valence-corrected chi connectivity index (χ0v) is 14.7. The summed E-state index contributed by atoms with van der Waals surface area (Å²) in [7, 11) is 0. The fourth-order valence-electron chi connectivity index (χ4n) is 1.83. The van der Waals surface area contributed by atoms with E-state index < -0.39 is 11.9 Å². The molecule has 0 bridgehead atoms. The molecule has 0 aliphatic rings. The van der Waals surface area contributed by atoms with Crippen molar-refractivity contribution in [2.45, 2.75) is 26.9 Å². The van der Waals surface area contributed by atoms with E-state index in [0.717, 1.165) is 0 Å². The van der Waals surface area contributed by atoms with Crippen molar-refractivity contribution in [3.05, 3.63) is 20.7 Å². The van der Waals surface area contributed by atoms with Crippen molar-refractivity contribution in [3.63, 3.8) is 0 Å². The van der Waals surface area contributed by atoms with E-state index in [1.54, 1.807) is 13.8 Å². The summed E-state index contributed by atoms with van der Waals surface area (Å²) in [6, 6.07) is 0. The van der Waals surface area contributed by atoms with Crippen molar-refractivity contribution in [2.75, 3.05) is 13.2 Å². The normalized spacial score (nSPS) is 10.6. The smallest absolute Gasteiger partial charge is 0.362 e. The molecule has 0 aliphatic heterocycles. The van der Waals surface area contributed by atoms with Crippen molar-refractivity contribution >= 4 is 36.4 Å². The Kier molecular flexibility index (Phi) is 5.98. The predicted octanol–water partition coefficient (Wildman–Crippen LogP) is 1.25. The van der Waals surface area contributed by atoms with Crippen molar-refractivity contribution in [2.24, 2.45) is 0 Å². The molecule has 24 heavy (non-hydrogen) atoms. The van der Waals surface area contributed by atoms with Crippen molar-refractivity contribution < 1.29 is 19.1 Å². The Hall–Kier alpha value is -2.34. The van der Waals surface area contributed by atoms with Gasteiger partial charge in [-0.3, -0.25) is 9.36 Å². The summed E-state index contributed by atoms with van der Waals surface area (Å²) in [5, 5.41) is 13.0. The molecule has 0 unspecified atom stereocenters. The highest BCUT2D eigenvalue weighted by Gasteiger charge is 2.17. The van der Waals surface area contributed by atoms with Gasteiger partial charge >= 0.3 is 11.9 Å². The molecule has 2 heterocycles. The molecule has 0 atom stereocenters. The molecule has 0 saturated heterocycles. The number of esters is 2. The molecule has 10 nitrogen and oxygen atoms in total. The number of carbonyl (C=O) groups is 2. The number of ether oxygens (including phenoxy) is 2. The standard InChI is InChI=1S/C12H16N6O4S2/c1-3-21-11(19)7-9(23)17(15-13-7)5-6-18-10(24)8(14-16-18)12(20)22-4-2/h15-16H,3-6H2,1-2H3. The van der Waals surface area contributed by atoms with E-state index in [0.29, 0.717) is 13.1 Å². The van der Waals surface area contributed by atoms with E-state index in [4.69, 9.17) is 33.9 Å². The average molecular weight is 372 g/mol. The van der Waals surface area contributed by atoms with Gasteiger partial charge in [0.1, 0.15) is 0 Å². The maximum absolute atomic E-state index is 11.7. The third-order valence-electron chi connectivity index (χ3n) is 2.95. The summed E-state index contributed by atoms with van der Waals surface area (Å²) >= 11 is 10.4. The van der Waals surface area contributed by atoms with Gasteiger partial charge in [0.2, 0.25) is 11.4 Å². The Morgan fingerprint density at radius 3 is 1.62 bits per heavy atom. The van der Waals surface area contributed by atoms with Crippen LogP contribution in [-0.2, 0) is 22.6 Å². The Bertz CT molecular complexity index is 778. The fourth-order valence-corrected chi connectivity index (χ4v) is 2.35. The first-order valence-electron chi connectivity index (χ1n) is 7.14. The van der Waals surface area contributed by atoms with Crippen molar-refractivity contribution in [1.82, 2.24) is 30.0 Å². The van der Waals surface area contributed by atoms with Crippen LogP contribution in [0.3, 0.4) is 0 Å². The van der Waals surface area contributed by atoms with Gasteiger partial charge in [-0.2, -0.15) is 0 Å². The third-order valence-corrected chi connectivity index (χ3v) is 3.77. The number of hydrogen-bond acceptors (Lipinski definition) is 8. The van der Waals surface area contributed by atoms with Gasteiger partial charge in [-0.05, 0) is 13.8 Å². The summed E-state index contributed by atoms with van der Waals surface area (Å²) in [6.07, 6.45) is 0. The van der Waals surface area contributed by atoms with E-state index in [-0.39, 0.29) is 33.9 Å². The molecular weight excluding hydrogens is 356 g/mol. The summed E-state index contributed by atoms with van der Waals surface area (Å²) in [5.41, 5.74) is 0.0968. The van der Waals surface area contributed by atoms with E-state index >= 15 is 0 Å². The van der Waals surface area contributed by atoms with Crippen LogP contribution >= 0.6 is 24.4 Å². The lowest BCUT2D eigenvalue weighted by atomic mass is 10.4. The number of nitrogens with zero attached hydrogens (tertiary/aromatic N) is 4. The number of hydrogen-bond donors (Lipinski definition) is 2. The fraction of sp³-hybridized carbons (Fsp3) is 0.500. The number of carbonyl (C=O) groups excluding carboxylic acids is 2. The molecule has 0 radical (unpaired) electrons. The highest BCUT2D eigenvalue weighted by atomic mass is 32.1. The van der Waals surface area contributed by atoms with E-state index in [2.05, 4.69) is 20.6 Å². The molecule has 0 amide bonds. The topological polar surface area (TPSA) is 120 Å². The second-order valence-corrected chi connectivity index (χ2v) is 5.25. The molecule has 12 heteroatoms. The molecule has 130 valence electrons. The van der Waals surface area contributed by atoms with Crippen LogP contribution in [0, 0.1) is 9.28 Å². The minimum Gasteiger partial charge on any atom is -0.461 e. The maximum atomic E-state index is 11.7. The molecule has 2 N–H and O–H groups in total. The molecule has 0 saturated carbocycles. The van der Waals surface area contributed by atoms with Crippen LogP contribution in [0.4, 0.5) is 0 Å². The van der Waals surface area contributed by atoms with Gasteiger partial charge in [0.25, 0.3) is 0 Å². The number of aromatic nitrogens is 6. The lowest BCUT2D eigenvalue weighted by Gasteiger charge is -2.02. The second-order valence-electron chi connectivity index (χ2n) is 4.48. The number of aryl methyl sites for hydroxylation is 2. The monoisotopic (exact) mass is 372 g/mol. The molecular formula is C12H16N6O4S2. The Morgan fingerprint density at radius 1 is 0.917 bits per heavy atom. The van der Waals surface area contributed by atoms with E-state index in [9.17, 15) is 9.59 Å². The van der Waals surface area contributed by atoms with Crippen LogP contribution in [0.2, 0.25) is 0 Å².